The molecule has 0 bridgehead atoms. The summed E-state index contributed by atoms with van der Waals surface area (Å²) in [4.78, 5) is 22.4. The van der Waals surface area contributed by atoms with Crippen molar-refractivity contribution in [1.29, 1.82) is 0 Å². The highest BCUT2D eigenvalue weighted by Gasteiger charge is 2.22. The van der Waals surface area contributed by atoms with E-state index in [9.17, 15) is 9.59 Å². The lowest BCUT2D eigenvalue weighted by Gasteiger charge is -2.28. The van der Waals surface area contributed by atoms with Crippen LogP contribution < -0.4 is 15.4 Å². The number of rotatable bonds is 6. The number of amides is 2. The lowest BCUT2D eigenvalue weighted by Crippen LogP contribution is -2.41. The van der Waals surface area contributed by atoms with Crippen LogP contribution in [0.2, 0.25) is 5.02 Å². The standard InChI is InChI=1S/C16H21ClN2O4/c17-12-3-7-14(8-4-12)23-10-15(20)19-13-5-1-11(2-6-13)9-18-16(21)22/h3-4,7-8,11,13,18H,1-2,5-6,9-10H2,(H,19,20)(H,21,22). The third-order valence-electron chi connectivity index (χ3n) is 3.94. The van der Waals surface area contributed by atoms with Gasteiger partial charge in [-0.1, -0.05) is 11.6 Å². The van der Waals surface area contributed by atoms with Gasteiger partial charge >= 0.3 is 6.09 Å². The molecule has 23 heavy (non-hydrogen) atoms. The first-order chi connectivity index (χ1) is 11.0. The van der Waals surface area contributed by atoms with Crippen molar-refractivity contribution in [2.75, 3.05) is 13.2 Å². The molecule has 1 fully saturated rings. The Morgan fingerprint density at radius 3 is 2.43 bits per heavy atom. The van der Waals surface area contributed by atoms with Crippen molar-refractivity contribution in [2.45, 2.75) is 31.7 Å². The van der Waals surface area contributed by atoms with Gasteiger partial charge in [-0.3, -0.25) is 4.79 Å². The highest BCUT2D eigenvalue weighted by Crippen LogP contribution is 2.23. The second kappa shape index (κ2) is 8.62. The molecule has 0 aliphatic heterocycles. The number of nitrogens with one attached hydrogen (secondary N) is 2. The van der Waals surface area contributed by atoms with Crippen LogP contribution in [-0.2, 0) is 4.79 Å². The van der Waals surface area contributed by atoms with Gasteiger partial charge in [-0.05, 0) is 55.9 Å². The normalized spacial score (nSPS) is 20.6. The number of carbonyl (C=O) groups is 2. The number of ether oxygens (including phenoxy) is 1. The number of hydrogen-bond donors (Lipinski definition) is 3. The zero-order valence-electron chi connectivity index (χ0n) is 12.8. The molecule has 0 aromatic heterocycles. The molecule has 2 amide bonds. The zero-order chi connectivity index (χ0) is 16.7. The van der Waals surface area contributed by atoms with Crippen LogP contribution in [0.25, 0.3) is 0 Å². The summed E-state index contributed by atoms with van der Waals surface area (Å²) in [6, 6.07) is 6.99. The summed E-state index contributed by atoms with van der Waals surface area (Å²) in [5.41, 5.74) is 0. The van der Waals surface area contributed by atoms with E-state index in [-0.39, 0.29) is 18.6 Å². The van der Waals surface area contributed by atoms with Crippen LogP contribution in [0.1, 0.15) is 25.7 Å². The highest BCUT2D eigenvalue weighted by atomic mass is 35.5. The second-order valence-electron chi connectivity index (χ2n) is 5.71. The van der Waals surface area contributed by atoms with Gasteiger partial charge in [0.15, 0.2) is 6.61 Å². The van der Waals surface area contributed by atoms with E-state index >= 15 is 0 Å². The second-order valence-corrected chi connectivity index (χ2v) is 6.15. The molecular weight excluding hydrogens is 320 g/mol. The Labute approximate surface area is 140 Å². The van der Waals surface area contributed by atoms with Crippen molar-refractivity contribution in [3.05, 3.63) is 29.3 Å². The SMILES string of the molecule is O=C(O)NCC1CCC(NC(=O)COc2ccc(Cl)cc2)CC1. The predicted molar refractivity (Wildman–Crippen MR) is 86.9 cm³/mol. The molecule has 3 N–H and O–H groups in total. The van der Waals surface area contributed by atoms with E-state index < -0.39 is 6.09 Å². The quantitative estimate of drug-likeness (QED) is 0.743. The minimum atomic E-state index is -0.986. The van der Waals surface area contributed by atoms with Crippen LogP contribution in [0.4, 0.5) is 4.79 Å². The van der Waals surface area contributed by atoms with Crippen LogP contribution in [0.3, 0.4) is 0 Å². The molecule has 2 rings (SSSR count). The van der Waals surface area contributed by atoms with Crippen LogP contribution >= 0.6 is 11.6 Å². The molecule has 1 aliphatic carbocycles. The van der Waals surface area contributed by atoms with Crippen LogP contribution in [0, 0.1) is 5.92 Å². The van der Waals surface area contributed by atoms with Crippen molar-refractivity contribution in [2.24, 2.45) is 5.92 Å². The summed E-state index contributed by atoms with van der Waals surface area (Å²) < 4.78 is 5.40. The Bertz CT molecular complexity index is 527. The topological polar surface area (TPSA) is 87.7 Å². The zero-order valence-corrected chi connectivity index (χ0v) is 13.5. The fourth-order valence-corrected chi connectivity index (χ4v) is 2.82. The van der Waals surface area contributed by atoms with Gasteiger partial charge in [0.1, 0.15) is 5.75 Å². The molecule has 1 aromatic carbocycles. The van der Waals surface area contributed by atoms with Crippen molar-refractivity contribution >= 4 is 23.6 Å². The van der Waals surface area contributed by atoms with E-state index in [2.05, 4.69) is 10.6 Å². The summed E-state index contributed by atoms with van der Waals surface area (Å²) in [7, 11) is 0. The van der Waals surface area contributed by atoms with Crippen molar-refractivity contribution in [1.82, 2.24) is 10.6 Å². The summed E-state index contributed by atoms with van der Waals surface area (Å²) >= 11 is 5.78. The largest absolute Gasteiger partial charge is 0.484 e. The van der Waals surface area contributed by atoms with E-state index in [1.54, 1.807) is 24.3 Å². The van der Waals surface area contributed by atoms with Gasteiger partial charge in [-0.2, -0.15) is 0 Å². The minimum Gasteiger partial charge on any atom is -0.484 e. The maximum atomic E-state index is 11.9. The average Bonchev–Trinajstić information content (AvgIpc) is 2.53. The van der Waals surface area contributed by atoms with Crippen molar-refractivity contribution in [3.8, 4) is 5.75 Å². The van der Waals surface area contributed by atoms with E-state index in [1.165, 1.54) is 0 Å². The molecule has 0 unspecified atom stereocenters. The molecule has 0 radical (unpaired) electrons. The van der Waals surface area contributed by atoms with Gasteiger partial charge in [0.25, 0.3) is 5.91 Å². The fourth-order valence-electron chi connectivity index (χ4n) is 2.69. The number of hydrogen-bond acceptors (Lipinski definition) is 3. The Hall–Kier alpha value is -1.95. The number of carboxylic acid groups (broad SMARTS) is 1. The van der Waals surface area contributed by atoms with E-state index in [0.29, 0.717) is 23.2 Å². The van der Waals surface area contributed by atoms with E-state index in [1.807, 2.05) is 0 Å². The van der Waals surface area contributed by atoms with Crippen LogP contribution in [0.15, 0.2) is 24.3 Å². The number of halogens is 1. The molecule has 1 saturated carbocycles. The Morgan fingerprint density at radius 1 is 1.17 bits per heavy atom. The van der Waals surface area contributed by atoms with Gasteiger partial charge in [-0.15, -0.1) is 0 Å². The molecule has 0 atom stereocenters. The minimum absolute atomic E-state index is 0.0257. The first-order valence-corrected chi connectivity index (χ1v) is 8.05. The summed E-state index contributed by atoms with van der Waals surface area (Å²) in [5, 5.41) is 14.6. The first kappa shape index (κ1) is 17.4. The number of carbonyl (C=O) groups excluding carboxylic acids is 1. The van der Waals surface area contributed by atoms with Gasteiger partial charge in [0, 0.05) is 17.6 Å². The molecule has 7 heteroatoms. The van der Waals surface area contributed by atoms with Gasteiger partial charge in [-0.25, -0.2) is 4.79 Å². The van der Waals surface area contributed by atoms with E-state index in [4.69, 9.17) is 21.4 Å². The molecule has 1 aromatic rings. The van der Waals surface area contributed by atoms with Crippen LogP contribution in [-0.4, -0.2) is 36.3 Å². The van der Waals surface area contributed by atoms with Gasteiger partial charge in [0.05, 0.1) is 0 Å². The molecular formula is C16H21ClN2O4. The van der Waals surface area contributed by atoms with Crippen LogP contribution in [0.5, 0.6) is 5.75 Å². The molecule has 1 aliphatic rings. The third-order valence-corrected chi connectivity index (χ3v) is 4.19. The summed E-state index contributed by atoms with van der Waals surface area (Å²) in [6.45, 7) is 0.456. The van der Waals surface area contributed by atoms with Gasteiger partial charge in [0.2, 0.25) is 0 Å². The van der Waals surface area contributed by atoms with Crippen molar-refractivity contribution < 1.29 is 19.4 Å². The average molecular weight is 341 g/mol. The highest BCUT2D eigenvalue weighted by molar-refractivity contribution is 6.30. The molecule has 0 spiro atoms. The third kappa shape index (κ3) is 6.36. The maximum Gasteiger partial charge on any atom is 0.404 e. The maximum absolute atomic E-state index is 11.9. The van der Waals surface area contributed by atoms with Gasteiger partial charge < -0.3 is 20.5 Å². The Kier molecular flexibility index (Phi) is 6.52. The lowest BCUT2D eigenvalue weighted by molar-refractivity contribution is -0.124. The summed E-state index contributed by atoms with van der Waals surface area (Å²) in [5.74, 6) is 0.810. The molecule has 6 nitrogen and oxygen atoms in total. The number of benzene rings is 1. The first-order valence-electron chi connectivity index (χ1n) is 7.67. The fraction of sp³-hybridized carbons (Fsp3) is 0.500. The molecule has 126 valence electrons. The predicted octanol–water partition coefficient (Wildman–Crippen LogP) is 2.66. The molecule has 0 saturated heterocycles. The Balaban J connectivity index is 1.64. The van der Waals surface area contributed by atoms with Crippen molar-refractivity contribution in [3.63, 3.8) is 0 Å². The molecule has 0 heterocycles. The smallest absolute Gasteiger partial charge is 0.404 e. The monoisotopic (exact) mass is 340 g/mol. The van der Waals surface area contributed by atoms with E-state index in [0.717, 1.165) is 25.7 Å². The Morgan fingerprint density at radius 2 is 1.83 bits per heavy atom. The lowest BCUT2D eigenvalue weighted by atomic mass is 9.86. The summed E-state index contributed by atoms with van der Waals surface area (Å²) in [6.07, 6.45) is 2.55.